The predicted molar refractivity (Wildman–Crippen MR) is 81.7 cm³/mol. The molecule has 0 radical (unpaired) electrons. The average Bonchev–Trinajstić information content (AvgIpc) is 2.52. The second kappa shape index (κ2) is 7.06. The molecule has 0 aromatic heterocycles. The highest BCUT2D eigenvalue weighted by Gasteiger charge is 2.34. The van der Waals surface area contributed by atoms with Gasteiger partial charge in [0.15, 0.2) is 0 Å². The summed E-state index contributed by atoms with van der Waals surface area (Å²) in [7, 11) is 0. The van der Waals surface area contributed by atoms with Gasteiger partial charge in [-0.25, -0.2) is 0 Å². The molecule has 1 aromatic carbocycles. The van der Waals surface area contributed by atoms with E-state index in [-0.39, 0.29) is 18.4 Å². The molecule has 0 unspecified atom stereocenters. The van der Waals surface area contributed by atoms with Crippen LogP contribution in [0.5, 0.6) is 0 Å². The highest BCUT2D eigenvalue weighted by Crippen LogP contribution is 2.13. The Morgan fingerprint density at radius 1 is 1.18 bits per heavy atom. The van der Waals surface area contributed by atoms with Gasteiger partial charge in [0, 0.05) is 26.4 Å². The van der Waals surface area contributed by atoms with Gasteiger partial charge in [0.2, 0.25) is 17.7 Å². The van der Waals surface area contributed by atoms with E-state index < -0.39 is 11.9 Å². The summed E-state index contributed by atoms with van der Waals surface area (Å²) >= 11 is 0. The van der Waals surface area contributed by atoms with Crippen molar-refractivity contribution in [2.24, 2.45) is 5.73 Å². The predicted octanol–water partition coefficient (Wildman–Crippen LogP) is 0.164. The number of carbonyl (C=O) groups is 3. The first-order valence-corrected chi connectivity index (χ1v) is 7.37. The number of nitrogens with zero attached hydrogens (tertiary/aromatic N) is 2. The topological polar surface area (TPSA) is 83.7 Å². The van der Waals surface area contributed by atoms with Crippen molar-refractivity contribution in [2.75, 3.05) is 19.6 Å². The third-order valence-corrected chi connectivity index (χ3v) is 3.94. The quantitative estimate of drug-likeness (QED) is 0.860. The lowest BCUT2D eigenvalue weighted by Crippen LogP contribution is -2.60. The number of amides is 3. The molecular weight excluding hydrogens is 282 g/mol. The monoisotopic (exact) mass is 303 g/mol. The van der Waals surface area contributed by atoms with Crippen molar-refractivity contribution in [1.82, 2.24) is 9.80 Å². The smallest absolute Gasteiger partial charge is 0.242 e. The number of piperazine rings is 1. The average molecular weight is 303 g/mol. The number of benzene rings is 1. The first kappa shape index (κ1) is 16.0. The summed E-state index contributed by atoms with van der Waals surface area (Å²) in [6.07, 6.45) is 0.950. The van der Waals surface area contributed by atoms with E-state index in [1.807, 2.05) is 30.3 Å². The summed E-state index contributed by atoms with van der Waals surface area (Å²) in [6, 6.07) is 8.98. The summed E-state index contributed by atoms with van der Waals surface area (Å²) in [6.45, 7) is 2.42. The van der Waals surface area contributed by atoms with E-state index >= 15 is 0 Å². The molecule has 1 atom stereocenters. The van der Waals surface area contributed by atoms with Crippen molar-refractivity contribution in [2.45, 2.75) is 25.8 Å². The van der Waals surface area contributed by atoms with E-state index in [0.717, 1.165) is 5.56 Å². The lowest BCUT2D eigenvalue weighted by atomic mass is 10.1. The van der Waals surface area contributed by atoms with Crippen LogP contribution < -0.4 is 5.73 Å². The Morgan fingerprint density at radius 3 is 2.45 bits per heavy atom. The molecule has 1 aromatic rings. The van der Waals surface area contributed by atoms with Gasteiger partial charge >= 0.3 is 0 Å². The minimum atomic E-state index is -0.735. The summed E-state index contributed by atoms with van der Waals surface area (Å²) in [5.74, 6) is -0.780. The fourth-order valence-corrected chi connectivity index (χ4v) is 2.65. The minimum absolute atomic E-state index is 0.101. The molecule has 1 heterocycles. The maximum absolute atomic E-state index is 12.4. The van der Waals surface area contributed by atoms with Gasteiger partial charge < -0.3 is 15.5 Å². The molecule has 1 aliphatic rings. The van der Waals surface area contributed by atoms with Gasteiger partial charge in [-0.1, -0.05) is 30.3 Å². The van der Waals surface area contributed by atoms with Gasteiger partial charge in [-0.05, 0) is 12.0 Å². The fourth-order valence-electron chi connectivity index (χ4n) is 2.65. The van der Waals surface area contributed by atoms with Crippen molar-refractivity contribution in [3.63, 3.8) is 0 Å². The second-order valence-corrected chi connectivity index (χ2v) is 5.46. The second-order valence-electron chi connectivity index (χ2n) is 5.46. The molecule has 1 saturated heterocycles. The van der Waals surface area contributed by atoms with Gasteiger partial charge in [-0.15, -0.1) is 0 Å². The third-order valence-electron chi connectivity index (χ3n) is 3.94. The molecule has 0 bridgehead atoms. The lowest BCUT2D eigenvalue weighted by Gasteiger charge is -2.39. The maximum atomic E-state index is 12.4. The lowest BCUT2D eigenvalue weighted by molar-refractivity contribution is -0.146. The van der Waals surface area contributed by atoms with Gasteiger partial charge in [0.25, 0.3) is 0 Å². The Hall–Kier alpha value is -2.37. The van der Waals surface area contributed by atoms with Crippen LogP contribution in [0.1, 0.15) is 18.9 Å². The molecule has 0 spiro atoms. The van der Waals surface area contributed by atoms with Crippen molar-refractivity contribution in [3.8, 4) is 0 Å². The van der Waals surface area contributed by atoms with Crippen molar-refractivity contribution in [1.29, 1.82) is 0 Å². The van der Waals surface area contributed by atoms with E-state index in [1.54, 1.807) is 4.90 Å². The number of hydrogen-bond acceptors (Lipinski definition) is 3. The van der Waals surface area contributed by atoms with Crippen LogP contribution in [0.4, 0.5) is 0 Å². The van der Waals surface area contributed by atoms with E-state index in [1.165, 1.54) is 11.8 Å². The first-order valence-electron chi connectivity index (χ1n) is 7.37. The van der Waals surface area contributed by atoms with Crippen LogP contribution in [0.2, 0.25) is 0 Å². The Morgan fingerprint density at radius 2 is 1.86 bits per heavy atom. The molecule has 2 N–H and O–H groups in total. The van der Waals surface area contributed by atoms with Crippen LogP contribution in [0.25, 0.3) is 0 Å². The maximum Gasteiger partial charge on any atom is 0.242 e. The van der Waals surface area contributed by atoms with E-state index in [9.17, 15) is 14.4 Å². The number of aryl methyl sites for hydroxylation is 1. The SMILES string of the molecule is CC(=O)N1CCN(C(=O)CCc2ccccc2)[C@@H](C(N)=O)C1. The molecular formula is C16H21N3O3. The van der Waals surface area contributed by atoms with E-state index in [4.69, 9.17) is 5.73 Å². The molecule has 0 aliphatic carbocycles. The van der Waals surface area contributed by atoms with Crippen molar-refractivity contribution < 1.29 is 14.4 Å². The van der Waals surface area contributed by atoms with E-state index in [0.29, 0.717) is 25.9 Å². The zero-order valence-corrected chi connectivity index (χ0v) is 12.7. The molecule has 6 heteroatoms. The Kier molecular flexibility index (Phi) is 5.14. The van der Waals surface area contributed by atoms with Crippen LogP contribution in [0.15, 0.2) is 30.3 Å². The van der Waals surface area contributed by atoms with Gasteiger partial charge in [0.1, 0.15) is 6.04 Å². The third kappa shape index (κ3) is 3.84. The summed E-state index contributed by atoms with van der Waals surface area (Å²) in [5.41, 5.74) is 6.47. The standard InChI is InChI=1S/C16H21N3O3/c1-12(20)18-9-10-19(14(11-18)16(17)22)15(21)8-7-13-5-3-2-4-6-13/h2-6,14H,7-11H2,1H3,(H2,17,22)/t14-/m1/s1. The van der Waals surface area contributed by atoms with Crippen LogP contribution in [-0.2, 0) is 20.8 Å². The minimum Gasteiger partial charge on any atom is -0.368 e. The van der Waals surface area contributed by atoms with E-state index in [2.05, 4.69) is 0 Å². The summed E-state index contributed by atoms with van der Waals surface area (Å²) < 4.78 is 0. The molecule has 3 amide bonds. The number of carbonyl (C=O) groups excluding carboxylic acids is 3. The van der Waals surface area contributed by atoms with Gasteiger partial charge in [0.05, 0.1) is 6.54 Å². The summed E-state index contributed by atoms with van der Waals surface area (Å²) in [4.78, 5) is 38.5. The number of hydrogen-bond donors (Lipinski definition) is 1. The molecule has 1 aliphatic heterocycles. The molecule has 22 heavy (non-hydrogen) atoms. The zero-order chi connectivity index (χ0) is 16.1. The van der Waals surface area contributed by atoms with Gasteiger partial charge in [-0.2, -0.15) is 0 Å². The highest BCUT2D eigenvalue weighted by molar-refractivity contribution is 5.88. The molecule has 0 saturated carbocycles. The molecule has 6 nitrogen and oxygen atoms in total. The van der Waals surface area contributed by atoms with Crippen LogP contribution in [0.3, 0.4) is 0 Å². The van der Waals surface area contributed by atoms with Gasteiger partial charge in [-0.3, -0.25) is 14.4 Å². The normalized spacial score (nSPS) is 18.1. The number of primary amides is 1. The fraction of sp³-hybridized carbons (Fsp3) is 0.438. The van der Waals surface area contributed by atoms with Crippen LogP contribution in [0, 0.1) is 0 Å². The highest BCUT2D eigenvalue weighted by atomic mass is 16.2. The largest absolute Gasteiger partial charge is 0.368 e. The summed E-state index contributed by atoms with van der Waals surface area (Å²) in [5, 5.41) is 0. The van der Waals surface area contributed by atoms with Crippen molar-refractivity contribution in [3.05, 3.63) is 35.9 Å². The molecule has 1 fully saturated rings. The first-order chi connectivity index (χ1) is 10.5. The van der Waals surface area contributed by atoms with Crippen LogP contribution in [-0.4, -0.2) is 53.2 Å². The molecule has 118 valence electrons. The Balaban J connectivity index is 1.98. The van der Waals surface area contributed by atoms with Crippen LogP contribution >= 0.6 is 0 Å². The zero-order valence-electron chi connectivity index (χ0n) is 12.7. The Labute approximate surface area is 129 Å². The Bertz CT molecular complexity index is 559. The molecule has 2 rings (SSSR count). The van der Waals surface area contributed by atoms with Crippen molar-refractivity contribution >= 4 is 17.7 Å². The number of rotatable bonds is 4. The number of nitrogens with two attached hydrogens (primary N) is 1.